The molecule has 1 saturated heterocycles. The lowest BCUT2D eigenvalue weighted by molar-refractivity contribution is -0.142. The van der Waals surface area contributed by atoms with Crippen molar-refractivity contribution < 1.29 is 28.6 Å². The lowest BCUT2D eigenvalue weighted by Crippen LogP contribution is -2.47. The summed E-state index contributed by atoms with van der Waals surface area (Å²) in [5.74, 6) is -1.53. The largest absolute Gasteiger partial charge is 0.444 e. The first-order chi connectivity index (χ1) is 11.2. The normalized spacial score (nSPS) is 17.8. The summed E-state index contributed by atoms with van der Waals surface area (Å²) in [5, 5.41) is 5.02. The fourth-order valence-electron chi connectivity index (χ4n) is 2.14. The van der Waals surface area contributed by atoms with Crippen molar-refractivity contribution in [3.8, 4) is 0 Å². The molecule has 1 unspecified atom stereocenters. The van der Waals surface area contributed by atoms with Gasteiger partial charge >= 0.3 is 17.9 Å². The molecule has 2 N–H and O–H groups in total. The maximum Gasteiger partial charge on any atom is 0.410 e. The van der Waals surface area contributed by atoms with Gasteiger partial charge in [0.05, 0.1) is 6.54 Å². The van der Waals surface area contributed by atoms with E-state index in [9.17, 15) is 14.4 Å². The highest BCUT2D eigenvalue weighted by Crippen LogP contribution is 2.15. The van der Waals surface area contributed by atoms with Crippen molar-refractivity contribution >= 4 is 17.9 Å². The van der Waals surface area contributed by atoms with E-state index in [2.05, 4.69) is 10.6 Å². The van der Waals surface area contributed by atoms with E-state index in [4.69, 9.17) is 14.2 Å². The van der Waals surface area contributed by atoms with Crippen LogP contribution in [-0.2, 0) is 23.8 Å². The summed E-state index contributed by atoms with van der Waals surface area (Å²) < 4.78 is 15.1. The zero-order chi connectivity index (χ0) is 18.3. The van der Waals surface area contributed by atoms with E-state index < -0.39 is 29.8 Å². The first-order valence-corrected chi connectivity index (χ1v) is 7.78. The zero-order valence-electron chi connectivity index (χ0n) is 14.9. The molecule has 1 heterocycles. The Kier molecular flexibility index (Phi) is 7.43. The van der Waals surface area contributed by atoms with Crippen LogP contribution in [0.3, 0.4) is 0 Å². The van der Waals surface area contributed by atoms with Gasteiger partial charge in [0.2, 0.25) is 0 Å². The summed E-state index contributed by atoms with van der Waals surface area (Å²) in [6.45, 7) is 6.21. The molecule has 138 valence electrons. The molecular weight excluding hydrogens is 318 g/mol. The average Bonchev–Trinajstić information content (AvgIpc) is 2.95. The predicted molar refractivity (Wildman–Crippen MR) is 85.2 cm³/mol. The fourth-order valence-corrected chi connectivity index (χ4v) is 2.14. The van der Waals surface area contributed by atoms with Crippen molar-refractivity contribution in [3.63, 3.8) is 0 Å². The van der Waals surface area contributed by atoms with Gasteiger partial charge in [0.25, 0.3) is 0 Å². The molecule has 1 aliphatic rings. The summed E-state index contributed by atoms with van der Waals surface area (Å²) in [5.41, 5.74) is -0.572. The number of nitrogens with zero attached hydrogens (tertiary/aromatic N) is 1. The molecule has 9 heteroatoms. The number of methoxy groups -OCH3 is 2. The Morgan fingerprint density at radius 2 is 1.79 bits per heavy atom. The number of hydrogen-bond acceptors (Lipinski definition) is 6. The van der Waals surface area contributed by atoms with Crippen molar-refractivity contribution in [2.45, 2.75) is 45.1 Å². The minimum absolute atomic E-state index is 0.0634. The number of nitrogens with one attached hydrogen (secondary N) is 2. The monoisotopic (exact) mass is 345 g/mol. The fraction of sp³-hybridized carbons (Fsp3) is 0.800. The van der Waals surface area contributed by atoms with E-state index in [-0.39, 0.29) is 12.6 Å². The molecular formula is C15H27N3O6. The van der Waals surface area contributed by atoms with Gasteiger partial charge in [-0.1, -0.05) is 0 Å². The van der Waals surface area contributed by atoms with Crippen molar-refractivity contribution in [1.82, 2.24) is 15.5 Å². The molecule has 1 rings (SSSR count). The number of amides is 3. The molecule has 3 amide bonds. The number of hydrogen-bond donors (Lipinski definition) is 2. The van der Waals surface area contributed by atoms with Crippen LogP contribution >= 0.6 is 0 Å². The molecule has 1 aliphatic heterocycles. The van der Waals surface area contributed by atoms with Crippen LogP contribution in [0.15, 0.2) is 0 Å². The van der Waals surface area contributed by atoms with Gasteiger partial charge < -0.3 is 29.7 Å². The molecule has 0 aromatic carbocycles. The van der Waals surface area contributed by atoms with Gasteiger partial charge in [-0.15, -0.1) is 0 Å². The second-order valence-electron chi connectivity index (χ2n) is 6.50. The summed E-state index contributed by atoms with van der Waals surface area (Å²) in [7, 11) is 2.87. The molecule has 1 atom stereocenters. The Hall–Kier alpha value is -1.87. The van der Waals surface area contributed by atoms with E-state index in [1.165, 1.54) is 19.1 Å². The highest BCUT2D eigenvalue weighted by molar-refractivity contribution is 6.35. The van der Waals surface area contributed by atoms with Gasteiger partial charge in [-0.25, -0.2) is 4.79 Å². The Labute approximate surface area is 142 Å². The number of likely N-dealkylation sites (tertiary alicyclic amines) is 1. The first-order valence-electron chi connectivity index (χ1n) is 7.78. The molecule has 9 nitrogen and oxygen atoms in total. The summed E-state index contributed by atoms with van der Waals surface area (Å²) in [6.07, 6.45) is -0.473. The number of carbonyl (C=O) groups excluding carboxylic acids is 3. The highest BCUT2D eigenvalue weighted by Gasteiger charge is 2.31. The minimum Gasteiger partial charge on any atom is -0.444 e. The van der Waals surface area contributed by atoms with E-state index in [1.54, 1.807) is 20.8 Å². The van der Waals surface area contributed by atoms with Crippen molar-refractivity contribution in [1.29, 1.82) is 0 Å². The molecule has 0 saturated carbocycles. The van der Waals surface area contributed by atoms with Crippen LogP contribution in [0.1, 0.15) is 27.2 Å². The maximum atomic E-state index is 12.0. The van der Waals surface area contributed by atoms with Crippen LogP contribution in [0.4, 0.5) is 4.79 Å². The number of carbonyl (C=O) groups is 3. The summed E-state index contributed by atoms with van der Waals surface area (Å²) in [6, 6.07) is -0.281. The second-order valence-corrected chi connectivity index (χ2v) is 6.50. The second kappa shape index (κ2) is 8.84. The summed E-state index contributed by atoms with van der Waals surface area (Å²) in [4.78, 5) is 37.1. The van der Waals surface area contributed by atoms with Crippen LogP contribution in [0.5, 0.6) is 0 Å². The Balaban J connectivity index is 2.38. The Morgan fingerprint density at radius 3 is 2.33 bits per heavy atom. The van der Waals surface area contributed by atoms with E-state index in [0.29, 0.717) is 19.5 Å². The van der Waals surface area contributed by atoms with Gasteiger partial charge in [-0.3, -0.25) is 9.59 Å². The van der Waals surface area contributed by atoms with Crippen LogP contribution in [0.2, 0.25) is 0 Å². The summed E-state index contributed by atoms with van der Waals surface area (Å²) >= 11 is 0. The van der Waals surface area contributed by atoms with E-state index in [1.807, 2.05) is 0 Å². The lowest BCUT2D eigenvalue weighted by Gasteiger charge is -2.24. The van der Waals surface area contributed by atoms with Crippen molar-refractivity contribution in [3.05, 3.63) is 0 Å². The molecule has 0 spiro atoms. The molecule has 0 aliphatic carbocycles. The standard InChI is InChI=1S/C15H27N3O6/c1-15(2,3)24-14(21)18-7-6-10(9-18)17-13(20)12(19)16-8-11(22-4)23-5/h10-11H,6-9H2,1-5H3,(H,16,19)(H,17,20). The third-order valence-corrected chi connectivity index (χ3v) is 3.34. The number of rotatable bonds is 5. The van der Waals surface area contributed by atoms with Crippen molar-refractivity contribution in [2.24, 2.45) is 0 Å². The molecule has 0 radical (unpaired) electrons. The Bertz CT molecular complexity index is 459. The molecule has 0 aromatic heterocycles. The van der Waals surface area contributed by atoms with Crippen LogP contribution in [0.25, 0.3) is 0 Å². The Morgan fingerprint density at radius 1 is 1.17 bits per heavy atom. The van der Waals surface area contributed by atoms with Crippen LogP contribution in [0, 0.1) is 0 Å². The topological polar surface area (TPSA) is 106 Å². The van der Waals surface area contributed by atoms with E-state index >= 15 is 0 Å². The van der Waals surface area contributed by atoms with Crippen LogP contribution < -0.4 is 10.6 Å². The molecule has 24 heavy (non-hydrogen) atoms. The van der Waals surface area contributed by atoms with Crippen LogP contribution in [-0.4, -0.2) is 74.6 Å². The van der Waals surface area contributed by atoms with Gasteiger partial charge in [0, 0.05) is 33.4 Å². The lowest BCUT2D eigenvalue weighted by atomic mass is 10.2. The highest BCUT2D eigenvalue weighted by atomic mass is 16.7. The smallest absolute Gasteiger partial charge is 0.410 e. The van der Waals surface area contributed by atoms with E-state index in [0.717, 1.165) is 0 Å². The van der Waals surface area contributed by atoms with Gasteiger partial charge in [0.15, 0.2) is 6.29 Å². The third kappa shape index (κ3) is 6.71. The zero-order valence-corrected chi connectivity index (χ0v) is 14.9. The average molecular weight is 345 g/mol. The quantitative estimate of drug-likeness (QED) is 0.530. The minimum atomic E-state index is -0.773. The molecule has 0 aromatic rings. The maximum absolute atomic E-state index is 12.0. The van der Waals surface area contributed by atoms with Gasteiger partial charge in [-0.2, -0.15) is 0 Å². The van der Waals surface area contributed by atoms with Crippen molar-refractivity contribution in [2.75, 3.05) is 33.9 Å². The van der Waals surface area contributed by atoms with Gasteiger partial charge in [0.1, 0.15) is 5.60 Å². The number of ether oxygens (including phenoxy) is 3. The first kappa shape index (κ1) is 20.2. The predicted octanol–water partition coefficient (Wildman–Crippen LogP) is -0.153. The van der Waals surface area contributed by atoms with Gasteiger partial charge in [-0.05, 0) is 27.2 Å². The molecule has 0 bridgehead atoms. The molecule has 1 fully saturated rings. The SMILES string of the molecule is COC(CNC(=O)C(=O)NC1CCN(C(=O)OC(C)(C)C)C1)OC. The third-order valence-electron chi connectivity index (χ3n) is 3.34.